The van der Waals surface area contributed by atoms with Crippen molar-refractivity contribution in [3.05, 3.63) is 21.3 Å². The minimum atomic E-state index is -0.376. The summed E-state index contributed by atoms with van der Waals surface area (Å²) in [6, 6.07) is 1.84. The lowest BCUT2D eigenvalue weighted by atomic mass is 9.92. The van der Waals surface area contributed by atoms with Gasteiger partial charge in [-0.25, -0.2) is 0 Å². The second-order valence-corrected chi connectivity index (χ2v) is 6.19. The molecule has 0 aromatic carbocycles. The van der Waals surface area contributed by atoms with E-state index in [-0.39, 0.29) is 18.1 Å². The second kappa shape index (κ2) is 6.55. The first-order valence-corrected chi connectivity index (χ1v) is 7.61. The molecule has 18 heavy (non-hydrogen) atoms. The van der Waals surface area contributed by atoms with Crippen LogP contribution in [0.1, 0.15) is 37.0 Å². The van der Waals surface area contributed by atoms with Gasteiger partial charge in [-0.15, -0.1) is 11.3 Å². The highest BCUT2D eigenvalue weighted by Gasteiger charge is 2.24. The zero-order valence-corrected chi connectivity index (χ0v) is 11.8. The van der Waals surface area contributed by atoms with E-state index in [4.69, 9.17) is 11.6 Å². The van der Waals surface area contributed by atoms with Gasteiger partial charge in [-0.2, -0.15) is 0 Å². The van der Waals surface area contributed by atoms with Crippen molar-refractivity contribution < 1.29 is 9.90 Å². The maximum atomic E-state index is 11.8. The molecule has 3 nitrogen and oxygen atoms in total. The monoisotopic (exact) mass is 287 g/mol. The molecule has 0 aliphatic heterocycles. The van der Waals surface area contributed by atoms with E-state index in [1.165, 1.54) is 0 Å². The van der Waals surface area contributed by atoms with E-state index in [0.29, 0.717) is 12.8 Å². The Labute approximate surface area is 116 Å². The highest BCUT2D eigenvalue weighted by atomic mass is 35.5. The van der Waals surface area contributed by atoms with Gasteiger partial charge in [0.25, 0.3) is 0 Å². The summed E-state index contributed by atoms with van der Waals surface area (Å²) >= 11 is 7.40. The van der Waals surface area contributed by atoms with E-state index >= 15 is 0 Å². The van der Waals surface area contributed by atoms with Crippen molar-refractivity contribution in [1.29, 1.82) is 0 Å². The third kappa shape index (κ3) is 3.97. The molecule has 0 bridgehead atoms. The Morgan fingerprint density at radius 1 is 1.50 bits per heavy atom. The molecule has 0 radical (unpaired) electrons. The van der Waals surface area contributed by atoms with Gasteiger partial charge in [-0.05, 0) is 25.3 Å². The van der Waals surface area contributed by atoms with Crippen LogP contribution in [-0.4, -0.2) is 23.2 Å². The smallest absolute Gasteiger partial charge is 0.220 e. The van der Waals surface area contributed by atoms with E-state index in [1.54, 1.807) is 11.3 Å². The fraction of sp³-hybridized carbons (Fsp3) is 0.615. The summed E-state index contributed by atoms with van der Waals surface area (Å²) in [7, 11) is 0. The van der Waals surface area contributed by atoms with E-state index in [1.807, 2.05) is 11.4 Å². The molecule has 2 rings (SSSR count). The molecule has 1 aromatic heterocycles. The van der Waals surface area contributed by atoms with Gasteiger partial charge < -0.3 is 10.4 Å². The minimum Gasteiger partial charge on any atom is -0.391 e. The summed E-state index contributed by atoms with van der Waals surface area (Å²) in [5.74, 6) is 0.0190. The average Bonchev–Trinajstić information content (AvgIpc) is 2.76. The van der Waals surface area contributed by atoms with Gasteiger partial charge in [-0.1, -0.05) is 24.4 Å². The van der Waals surface area contributed by atoms with Gasteiger partial charge in [0.05, 0.1) is 17.2 Å². The van der Waals surface area contributed by atoms with Crippen LogP contribution in [0.25, 0.3) is 0 Å². The van der Waals surface area contributed by atoms with Gasteiger partial charge in [0.2, 0.25) is 5.91 Å². The van der Waals surface area contributed by atoms with Gasteiger partial charge in [-0.3, -0.25) is 4.79 Å². The Kier molecular flexibility index (Phi) is 5.03. The predicted molar refractivity (Wildman–Crippen MR) is 74.1 cm³/mol. The van der Waals surface area contributed by atoms with Crippen molar-refractivity contribution in [1.82, 2.24) is 5.32 Å². The summed E-state index contributed by atoms with van der Waals surface area (Å²) in [6.45, 7) is 0. The number of hydrogen-bond acceptors (Lipinski definition) is 3. The lowest BCUT2D eigenvalue weighted by molar-refractivity contribution is -0.123. The topological polar surface area (TPSA) is 49.3 Å². The Balaban J connectivity index is 1.74. The summed E-state index contributed by atoms with van der Waals surface area (Å²) in [5, 5.41) is 15.3. The fourth-order valence-electron chi connectivity index (χ4n) is 2.28. The average molecular weight is 288 g/mol. The maximum absolute atomic E-state index is 11.8. The molecule has 2 atom stereocenters. The van der Waals surface area contributed by atoms with Crippen LogP contribution in [0.3, 0.4) is 0 Å². The largest absolute Gasteiger partial charge is 0.391 e. The number of thiophene rings is 1. The first kappa shape index (κ1) is 13.8. The Morgan fingerprint density at radius 2 is 2.28 bits per heavy atom. The van der Waals surface area contributed by atoms with Gasteiger partial charge in [0.1, 0.15) is 0 Å². The van der Waals surface area contributed by atoms with Crippen LogP contribution in [-0.2, 0) is 11.2 Å². The molecule has 100 valence electrons. The number of carbonyl (C=O) groups excluding carboxylic acids is 1. The van der Waals surface area contributed by atoms with E-state index < -0.39 is 0 Å². The van der Waals surface area contributed by atoms with Gasteiger partial charge in [0.15, 0.2) is 0 Å². The van der Waals surface area contributed by atoms with Crippen LogP contribution < -0.4 is 5.32 Å². The van der Waals surface area contributed by atoms with Crippen LogP contribution in [0.15, 0.2) is 11.4 Å². The van der Waals surface area contributed by atoms with Crippen LogP contribution in [0.4, 0.5) is 0 Å². The van der Waals surface area contributed by atoms with E-state index in [0.717, 1.165) is 35.6 Å². The zero-order chi connectivity index (χ0) is 13.0. The number of aliphatic hydroxyl groups is 1. The minimum absolute atomic E-state index is 0.0190. The molecule has 0 spiro atoms. The van der Waals surface area contributed by atoms with Crippen molar-refractivity contribution in [2.75, 3.05) is 0 Å². The third-order valence-corrected chi connectivity index (χ3v) is 4.64. The number of halogens is 1. The Hall–Kier alpha value is -0.580. The van der Waals surface area contributed by atoms with Crippen LogP contribution >= 0.6 is 22.9 Å². The molecular weight excluding hydrogens is 270 g/mol. The third-order valence-electron chi connectivity index (χ3n) is 3.30. The highest BCUT2D eigenvalue weighted by Crippen LogP contribution is 2.21. The standard InChI is InChI=1S/C13H18ClNO2S/c14-9-7-10(18-8-9)5-6-13(17)15-11-3-1-2-4-12(11)16/h7-8,11-12,16H,1-6H2,(H,15,17). The molecule has 2 N–H and O–H groups in total. The van der Waals surface area contributed by atoms with Crippen molar-refractivity contribution >= 4 is 28.8 Å². The SMILES string of the molecule is O=C(CCc1cc(Cl)cs1)NC1CCCCC1O. The van der Waals surface area contributed by atoms with Crippen molar-refractivity contribution in [3.63, 3.8) is 0 Å². The second-order valence-electron chi connectivity index (χ2n) is 4.76. The lowest BCUT2D eigenvalue weighted by Gasteiger charge is -2.28. The summed E-state index contributed by atoms with van der Waals surface area (Å²) < 4.78 is 0. The molecule has 2 unspecified atom stereocenters. The molecule has 1 aromatic rings. The molecule has 1 aliphatic rings. The van der Waals surface area contributed by atoms with Gasteiger partial charge >= 0.3 is 0 Å². The number of amides is 1. The van der Waals surface area contributed by atoms with Crippen LogP contribution in [0.2, 0.25) is 5.02 Å². The predicted octanol–water partition coefficient (Wildman–Crippen LogP) is 2.75. The molecular formula is C13H18ClNO2S. The Bertz CT molecular complexity index is 407. The number of carbonyl (C=O) groups is 1. The number of nitrogens with one attached hydrogen (secondary N) is 1. The molecule has 5 heteroatoms. The molecule has 1 amide bonds. The van der Waals surface area contributed by atoms with Gasteiger partial charge in [0, 0.05) is 16.7 Å². The summed E-state index contributed by atoms with van der Waals surface area (Å²) in [5.41, 5.74) is 0. The van der Waals surface area contributed by atoms with Crippen LogP contribution in [0.5, 0.6) is 0 Å². The van der Waals surface area contributed by atoms with E-state index in [9.17, 15) is 9.90 Å². The number of aryl methyl sites for hydroxylation is 1. The molecule has 1 fully saturated rings. The highest BCUT2D eigenvalue weighted by molar-refractivity contribution is 7.10. The van der Waals surface area contributed by atoms with Crippen molar-refractivity contribution in [2.45, 2.75) is 50.7 Å². The number of aliphatic hydroxyl groups excluding tert-OH is 1. The van der Waals surface area contributed by atoms with Crippen LogP contribution in [0, 0.1) is 0 Å². The van der Waals surface area contributed by atoms with Crippen molar-refractivity contribution in [2.24, 2.45) is 0 Å². The molecule has 1 aliphatic carbocycles. The molecule has 1 saturated carbocycles. The van der Waals surface area contributed by atoms with E-state index in [2.05, 4.69) is 5.32 Å². The molecule has 1 heterocycles. The lowest BCUT2D eigenvalue weighted by Crippen LogP contribution is -2.45. The van der Waals surface area contributed by atoms with Crippen molar-refractivity contribution in [3.8, 4) is 0 Å². The number of rotatable bonds is 4. The molecule has 0 saturated heterocycles. The number of hydrogen-bond donors (Lipinski definition) is 2. The normalized spacial score (nSPS) is 23.9. The maximum Gasteiger partial charge on any atom is 0.220 e. The first-order valence-electron chi connectivity index (χ1n) is 6.35. The fourth-order valence-corrected chi connectivity index (χ4v) is 3.36. The Morgan fingerprint density at radius 3 is 2.94 bits per heavy atom. The summed E-state index contributed by atoms with van der Waals surface area (Å²) in [4.78, 5) is 12.9. The summed E-state index contributed by atoms with van der Waals surface area (Å²) in [6.07, 6.45) is 4.62. The zero-order valence-electron chi connectivity index (χ0n) is 10.2. The quantitative estimate of drug-likeness (QED) is 0.895. The first-order chi connectivity index (χ1) is 8.65.